The third-order valence-electron chi connectivity index (χ3n) is 2.81. The van der Waals surface area contributed by atoms with E-state index in [1.54, 1.807) is 7.11 Å². The van der Waals surface area contributed by atoms with Crippen molar-refractivity contribution in [3.63, 3.8) is 0 Å². The largest absolute Gasteiger partial charge is 0.388 e. The van der Waals surface area contributed by atoms with Crippen LogP contribution in [-0.2, 0) is 9.47 Å². The standard InChI is InChI=1S/C14H30O3/c1-3-4-5-6-7-8-9-10-11-17-13-14(15)12-16-2/h14-15H,3-13H2,1-2H3. The maximum Gasteiger partial charge on any atom is 0.101 e. The van der Waals surface area contributed by atoms with Gasteiger partial charge in [-0.05, 0) is 6.42 Å². The van der Waals surface area contributed by atoms with Gasteiger partial charge >= 0.3 is 0 Å². The Hall–Kier alpha value is -0.120. The normalized spacial score (nSPS) is 12.9. The van der Waals surface area contributed by atoms with Crippen molar-refractivity contribution < 1.29 is 14.6 Å². The highest BCUT2D eigenvalue weighted by molar-refractivity contribution is 4.51. The monoisotopic (exact) mass is 246 g/mol. The molecule has 0 aliphatic heterocycles. The van der Waals surface area contributed by atoms with E-state index < -0.39 is 6.10 Å². The second-order valence-corrected chi connectivity index (χ2v) is 4.66. The van der Waals surface area contributed by atoms with Crippen LogP contribution >= 0.6 is 0 Å². The molecule has 1 unspecified atom stereocenters. The van der Waals surface area contributed by atoms with Crippen LogP contribution in [0, 0.1) is 0 Å². The summed E-state index contributed by atoms with van der Waals surface area (Å²) in [5, 5.41) is 9.32. The van der Waals surface area contributed by atoms with Crippen LogP contribution < -0.4 is 0 Å². The average molecular weight is 246 g/mol. The molecule has 0 aliphatic carbocycles. The Balaban J connectivity index is 2.98. The lowest BCUT2D eigenvalue weighted by molar-refractivity contribution is -0.00684. The second-order valence-electron chi connectivity index (χ2n) is 4.66. The van der Waals surface area contributed by atoms with Gasteiger partial charge in [-0.15, -0.1) is 0 Å². The molecule has 3 nitrogen and oxygen atoms in total. The van der Waals surface area contributed by atoms with Gasteiger partial charge in [-0.2, -0.15) is 0 Å². The van der Waals surface area contributed by atoms with E-state index in [1.165, 1.54) is 44.9 Å². The van der Waals surface area contributed by atoms with Gasteiger partial charge in [0, 0.05) is 13.7 Å². The van der Waals surface area contributed by atoms with Gasteiger partial charge in [0.2, 0.25) is 0 Å². The van der Waals surface area contributed by atoms with Gasteiger partial charge in [-0.25, -0.2) is 0 Å². The van der Waals surface area contributed by atoms with E-state index >= 15 is 0 Å². The minimum absolute atomic E-state index is 0.359. The second kappa shape index (κ2) is 13.9. The van der Waals surface area contributed by atoms with Gasteiger partial charge in [0.05, 0.1) is 13.2 Å². The van der Waals surface area contributed by atoms with Gasteiger partial charge < -0.3 is 14.6 Å². The van der Waals surface area contributed by atoms with E-state index in [0.717, 1.165) is 13.0 Å². The van der Waals surface area contributed by atoms with Crippen molar-refractivity contribution in [1.29, 1.82) is 0 Å². The number of methoxy groups -OCH3 is 1. The minimum Gasteiger partial charge on any atom is -0.388 e. The predicted molar refractivity (Wildman–Crippen MR) is 71.3 cm³/mol. The van der Waals surface area contributed by atoms with E-state index in [2.05, 4.69) is 6.92 Å². The zero-order chi connectivity index (χ0) is 12.8. The fourth-order valence-corrected chi connectivity index (χ4v) is 1.80. The van der Waals surface area contributed by atoms with Crippen molar-refractivity contribution in [1.82, 2.24) is 0 Å². The number of rotatable bonds is 13. The van der Waals surface area contributed by atoms with Gasteiger partial charge in [0.15, 0.2) is 0 Å². The van der Waals surface area contributed by atoms with Crippen molar-refractivity contribution >= 4 is 0 Å². The van der Waals surface area contributed by atoms with E-state index in [-0.39, 0.29) is 0 Å². The van der Waals surface area contributed by atoms with Crippen LogP contribution in [0.25, 0.3) is 0 Å². The van der Waals surface area contributed by atoms with Gasteiger partial charge in [0.25, 0.3) is 0 Å². The van der Waals surface area contributed by atoms with Crippen molar-refractivity contribution in [2.45, 2.75) is 64.4 Å². The summed E-state index contributed by atoms with van der Waals surface area (Å²) >= 11 is 0. The van der Waals surface area contributed by atoms with Crippen LogP contribution in [-0.4, -0.2) is 38.1 Å². The summed E-state index contributed by atoms with van der Waals surface area (Å²) in [6, 6.07) is 0. The quantitative estimate of drug-likeness (QED) is 0.507. The molecule has 0 saturated carbocycles. The van der Waals surface area contributed by atoms with Gasteiger partial charge in [-0.1, -0.05) is 51.9 Å². The zero-order valence-corrected chi connectivity index (χ0v) is 11.6. The molecule has 0 rings (SSSR count). The van der Waals surface area contributed by atoms with Gasteiger partial charge in [0.1, 0.15) is 6.10 Å². The molecule has 1 N–H and O–H groups in total. The third kappa shape index (κ3) is 13.8. The van der Waals surface area contributed by atoms with Crippen LogP contribution in [0.5, 0.6) is 0 Å². The summed E-state index contributed by atoms with van der Waals surface area (Å²) in [4.78, 5) is 0. The maximum absolute atomic E-state index is 9.32. The molecule has 0 amide bonds. The molecular weight excluding hydrogens is 216 g/mol. The summed E-state index contributed by atoms with van der Waals surface area (Å²) in [5.74, 6) is 0. The number of hydrogen-bond acceptors (Lipinski definition) is 3. The van der Waals surface area contributed by atoms with Crippen molar-refractivity contribution in [3.8, 4) is 0 Å². The van der Waals surface area contributed by atoms with Crippen molar-refractivity contribution in [2.24, 2.45) is 0 Å². The van der Waals surface area contributed by atoms with Crippen molar-refractivity contribution in [3.05, 3.63) is 0 Å². The third-order valence-corrected chi connectivity index (χ3v) is 2.81. The van der Waals surface area contributed by atoms with Crippen LogP contribution in [0.3, 0.4) is 0 Å². The summed E-state index contributed by atoms with van der Waals surface area (Å²) in [7, 11) is 1.59. The molecule has 3 heteroatoms. The lowest BCUT2D eigenvalue weighted by Gasteiger charge is -2.09. The lowest BCUT2D eigenvalue weighted by atomic mass is 10.1. The molecule has 0 heterocycles. The Labute approximate surface area is 107 Å². The molecule has 0 saturated heterocycles. The molecular formula is C14H30O3. The number of ether oxygens (including phenoxy) is 2. The lowest BCUT2D eigenvalue weighted by Crippen LogP contribution is -2.21. The highest BCUT2D eigenvalue weighted by atomic mass is 16.5. The number of hydrogen-bond donors (Lipinski definition) is 1. The molecule has 0 aromatic rings. The Morgan fingerprint density at radius 3 is 2.06 bits per heavy atom. The van der Waals surface area contributed by atoms with E-state index in [4.69, 9.17) is 9.47 Å². The number of aliphatic hydroxyl groups is 1. The zero-order valence-electron chi connectivity index (χ0n) is 11.6. The van der Waals surface area contributed by atoms with Crippen LogP contribution in [0.4, 0.5) is 0 Å². The Morgan fingerprint density at radius 2 is 1.47 bits per heavy atom. The minimum atomic E-state index is -0.478. The molecule has 0 aliphatic rings. The van der Waals surface area contributed by atoms with E-state index in [0.29, 0.717) is 13.2 Å². The van der Waals surface area contributed by atoms with Crippen LogP contribution in [0.15, 0.2) is 0 Å². The van der Waals surface area contributed by atoms with Crippen molar-refractivity contribution in [2.75, 3.05) is 26.9 Å². The number of unbranched alkanes of at least 4 members (excludes halogenated alkanes) is 7. The van der Waals surface area contributed by atoms with Gasteiger partial charge in [-0.3, -0.25) is 0 Å². The summed E-state index contributed by atoms with van der Waals surface area (Å²) < 4.78 is 10.2. The molecule has 0 fully saturated rings. The highest BCUT2D eigenvalue weighted by Crippen LogP contribution is 2.08. The molecule has 104 valence electrons. The summed E-state index contributed by atoms with van der Waals surface area (Å²) in [5.41, 5.74) is 0. The predicted octanol–water partition coefficient (Wildman–Crippen LogP) is 3.15. The number of aliphatic hydroxyl groups excluding tert-OH is 1. The first-order valence-corrected chi connectivity index (χ1v) is 7.06. The topological polar surface area (TPSA) is 38.7 Å². The molecule has 0 aromatic heterocycles. The molecule has 17 heavy (non-hydrogen) atoms. The Bertz CT molecular complexity index is 139. The molecule has 0 spiro atoms. The fraction of sp³-hybridized carbons (Fsp3) is 1.00. The highest BCUT2D eigenvalue weighted by Gasteiger charge is 2.02. The Kier molecular flexibility index (Phi) is 13.8. The first kappa shape index (κ1) is 16.9. The first-order chi connectivity index (χ1) is 8.31. The SMILES string of the molecule is CCCCCCCCCCOCC(O)COC. The average Bonchev–Trinajstić information content (AvgIpc) is 2.32. The van der Waals surface area contributed by atoms with Crippen LogP contribution in [0.2, 0.25) is 0 Å². The van der Waals surface area contributed by atoms with E-state index in [9.17, 15) is 5.11 Å². The molecule has 0 bridgehead atoms. The molecule has 0 radical (unpaired) electrons. The molecule has 0 aromatic carbocycles. The summed E-state index contributed by atoms with van der Waals surface area (Å²) in [6.45, 7) is 3.76. The smallest absolute Gasteiger partial charge is 0.101 e. The van der Waals surface area contributed by atoms with Crippen LogP contribution in [0.1, 0.15) is 58.3 Å². The summed E-state index contributed by atoms with van der Waals surface area (Å²) in [6.07, 6.45) is 9.99. The fourth-order valence-electron chi connectivity index (χ4n) is 1.80. The van der Waals surface area contributed by atoms with E-state index in [1.807, 2.05) is 0 Å². The molecule has 1 atom stereocenters. The maximum atomic E-state index is 9.32. The Morgan fingerprint density at radius 1 is 0.882 bits per heavy atom. The first-order valence-electron chi connectivity index (χ1n) is 7.06.